The molecule has 21 heavy (non-hydrogen) atoms. The van der Waals surface area contributed by atoms with Crippen molar-refractivity contribution in [3.8, 4) is 0 Å². The monoisotopic (exact) mass is 302 g/mol. The highest BCUT2D eigenvalue weighted by atomic mass is 32.1. The van der Waals surface area contributed by atoms with Crippen molar-refractivity contribution in [2.75, 3.05) is 11.4 Å². The number of nitrogens with one attached hydrogen (secondary N) is 1. The van der Waals surface area contributed by atoms with E-state index >= 15 is 0 Å². The van der Waals surface area contributed by atoms with Crippen LogP contribution in [0, 0.1) is 6.92 Å². The van der Waals surface area contributed by atoms with Crippen molar-refractivity contribution in [2.24, 2.45) is 0 Å². The summed E-state index contributed by atoms with van der Waals surface area (Å²) in [4.78, 5) is 12.8. The summed E-state index contributed by atoms with van der Waals surface area (Å²) in [5.74, 6) is 0. The average Bonchev–Trinajstić information content (AvgIpc) is 3.26. The third kappa shape index (κ3) is 3.80. The van der Waals surface area contributed by atoms with Gasteiger partial charge in [-0.05, 0) is 38.8 Å². The Morgan fingerprint density at radius 3 is 2.90 bits per heavy atom. The Kier molecular flexibility index (Phi) is 4.51. The van der Waals surface area contributed by atoms with Gasteiger partial charge in [0.2, 0.25) is 0 Å². The number of pyridine rings is 1. The Balaban J connectivity index is 1.69. The molecule has 0 unspecified atom stereocenters. The Morgan fingerprint density at radius 1 is 1.38 bits per heavy atom. The van der Waals surface area contributed by atoms with E-state index < -0.39 is 0 Å². The largest absolute Gasteiger partial charge is 0.342 e. The first-order valence-corrected chi connectivity index (χ1v) is 8.42. The zero-order valence-corrected chi connectivity index (χ0v) is 13.5. The van der Waals surface area contributed by atoms with Gasteiger partial charge in [-0.2, -0.15) is 0 Å². The molecule has 112 valence electrons. The van der Waals surface area contributed by atoms with Crippen molar-refractivity contribution in [1.29, 1.82) is 0 Å². The van der Waals surface area contributed by atoms with E-state index in [0.717, 1.165) is 42.2 Å². The van der Waals surface area contributed by atoms with Crippen LogP contribution in [-0.4, -0.2) is 22.6 Å². The summed E-state index contributed by atoms with van der Waals surface area (Å²) in [5, 5.41) is 4.68. The average molecular weight is 302 g/mol. The van der Waals surface area contributed by atoms with Gasteiger partial charge in [-0.25, -0.2) is 4.98 Å². The molecule has 4 nitrogen and oxygen atoms in total. The predicted molar refractivity (Wildman–Crippen MR) is 87.7 cm³/mol. The molecular weight excluding hydrogens is 280 g/mol. The fourth-order valence-electron chi connectivity index (χ4n) is 2.24. The van der Waals surface area contributed by atoms with Crippen LogP contribution in [0.5, 0.6) is 0 Å². The molecule has 1 saturated carbocycles. The van der Waals surface area contributed by atoms with Gasteiger partial charge in [0, 0.05) is 30.2 Å². The van der Waals surface area contributed by atoms with Crippen LogP contribution in [0.15, 0.2) is 24.4 Å². The minimum Gasteiger partial charge on any atom is -0.342 e. The Bertz CT molecular complexity index is 577. The molecule has 5 heteroatoms. The smallest absolute Gasteiger partial charge is 0.186 e. The zero-order valence-electron chi connectivity index (χ0n) is 12.7. The van der Waals surface area contributed by atoms with Crippen LogP contribution in [0.2, 0.25) is 0 Å². The van der Waals surface area contributed by atoms with Crippen molar-refractivity contribution in [2.45, 2.75) is 45.8 Å². The number of aromatic nitrogens is 2. The fourth-order valence-corrected chi connectivity index (χ4v) is 3.31. The summed E-state index contributed by atoms with van der Waals surface area (Å²) in [6.45, 7) is 6.99. The molecule has 1 N–H and O–H groups in total. The molecule has 1 fully saturated rings. The molecule has 2 heterocycles. The zero-order chi connectivity index (χ0) is 14.7. The van der Waals surface area contributed by atoms with E-state index in [1.807, 2.05) is 18.3 Å². The minimum atomic E-state index is 0.741. The second-order valence-corrected chi connectivity index (χ2v) is 6.56. The van der Waals surface area contributed by atoms with Crippen LogP contribution in [0.1, 0.15) is 36.0 Å². The summed E-state index contributed by atoms with van der Waals surface area (Å²) in [6.07, 6.45) is 4.50. The number of hydrogen-bond acceptors (Lipinski definition) is 5. The van der Waals surface area contributed by atoms with Crippen LogP contribution in [-0.2, 0) is 13.1 Å². The highest BCUT2D eigenvalue weighted by Gasteiger charge is 2.21. The van der Waals surface area contributed by atoms with Crippen LogP contribution < -0.4 is 10.2 Å². The lowest BCUT2D eigenvalue weighted by atomic mass is 10.3. The number of aryl methyl sites for hydroxylation is 1. The summed E-state index contributed by atoms with van der Waals surface area (Å²) in [7, 11) is 0. The molecule has 0 aliphatic heterocycles. The Hall–Kier alpha value is -1.46. The molecule has 0 radical (unpaired) electrons. The lowest BCUT2D eigenvalue weighted by Gasteiger charge is -2.19. The molecule has 2 aromatic heterocycles. The maximum Gasteiger partial charge on any atom is 0.186 e. The topological polar surface area (TPSA) is 41.1 Å². The van der Waals surface area contributed by atoms with E-state index in [1.54, 1.807) is 11.3 Å². The van der Waals surface area contributed by atoms with Crippen molar-refractivity contribution < 1.29 is 0 Å². The normalized spacial score (nSPS) is 14.4. The van der Waals surface area contributed by atoms with Gasteiger partial charge in [-0.1, -0.05) is 6.07 Å². The van der Waals surface area contributed by atoms with Gasteiger partial charge in [-0.15, -0.1) is 11.3 Å². The van der Waals surface area contributed by atoms with Crippen molar-refractivity contribution >= 4 is 16.5 Å². The molecule has 0 bridgehead atoms. The summed E-state index contributed by atoms with van der Waals surface area (Å²) in [5.41, 5.74) is 2.24. The fraction of sp³-hybridized carbons (Fsp3) is 0.500. The number of rotatable bonds is 7. The van der Waals surface area contributed by atoms with Crippen molar-refractivity contribution in [3.05, 3.63) is 40.7 Å². The van der Waals surface area contributed by atoms with E-state index in [4.69, 9.17) is 4.98 Å². The first-order chi connectivity index (χ1) is 10.3. The van der Waals surface area contributed by atoms with Gasteiger partial charge < -0.3 is 10.2 Å². The van der Waals surface area contributed by atoms with E-state index in [9.17, 15) is 0 Å². The first-order valence-electron chi connectivity index (χ1n) is 7.60. The van der Waals surface area contributed by atoms with Crippen LogP contribution in [0.3, 0.4) is 0 Å². The quantitative estimate of drug-likeness (QED) is 0.853. The maximum absolute atomic E-state index is 4.75. The molecule has 0 saturated heterocycles. The highest BCUT2D eigenvalue weighted by Crippen LogP contribution is 2.28. The van der Waals surface area contributed by atoms with Crippen LogP contribution >= 0.6 is 11.3 Å². The standard InChI is InChI=1S/C16H22N4S/c1-3-20(11-14-6-4-5-9-17-14)16-19-12(2)15(21-16)10-18-13-7-8-13/h4-6,9,13,18H,3,7-8,10-11H2,1-2H3. The molecule has 0 aromatic carbocycles. The van der Waals surface area contributed by atoms with Crippen LogP contribution in [0.4, 0.5) is 5.13 Å². The minimum absolute atomic E-state index is 0.741. The van der Waals surface area contributed by atoms with Gasteiger partial charge in [0.25, 0.3) is 0 Å². The number of anilines is 1. The van der Waals surface area contributed by atoms with Crippen molar-refractivity contribution in [3.63, 3.8) is 0 Å². The van der Waals surface area contributed by atoms with Gasteiger partial charge in [0.15, 0.2) is 5.13 Å². The molecular formula is C16H22N4S. The molecule has 2 aromatic rings. The number of nitrogens with zero attached hydrogens (tertiary/aromatic N) is 3. The number of hydrogen-bond donors (Lipinski definition) is 1. The SMILES string of the molecule is CCN(Cc1ccccn1)c1nc(C)c(CNC2CC2)s1. The van der Waals surface area contributed by atoms with Gasteiger partial charge in [0.1, 0.15) is 0 Å². The van der Waals surface area contributed by atoms with E-state index in [-0.39, 0.29) is 0 Å². The maximum atomic E-state index is 4.75. The molecule has 1 aliphatic carbocycles. The second kappa shape index (κ2) is 6.54. The predicted octanol–water partition coefficient (Wildman–Crippen LogP) is 3.13. The molecule has 1 aliphatic rings. The molecule has 0 spiro atoms. The van der Waals surface area contributed by atoms with E-state index in [2.05, 4.69) is 35.1 Å². The summed E-state index contributed by atoms with van der Waals surface area (Å²) in [6, 6.07) is 6.80. The third-order valence-corrected chi connectivity index (χ3v) is 4.96. The lowest BCUT2D eigenvalue weighted by molar-refractivity contribution is 0.691. The first kappa shape index (κ1) is 14.5. The van der Waals surface area contributed by atoms with Gasteiger partial charge in [-0.3, -0.25) is 4.98 Å². The van der Waals surface area contributed by atoms with Gasteiger partial charge in [0.05, 0.1) is 17.9 Å². The summed E-state index contributed by atoms with van der Waals surface area (Å²) < 4.78 is 0. The Morgan fingerprint density at radius 2 is 2.24 bits per heavy atom. The van der Waals surface area contributed by atoms with E-state index in [0.29, 0.717) is 0 Å². The molecule has 0 amide bonds. The Labute approximate surface area is 130 Å². The number of thiazole rings is 1. The van der Waals surface area contributed by atoms with Crippen molar-refractivity contribution in [1.82, 2.24) is 15.3 Å². The lowest BCUT2D eigenvalue weighted by Crippen LogP contribution is -2.22. The third-order valence-electron chi connectivity index (χ3n) is 3.74. The molecule has 0 atom stereocenters. The molecule has 3 rings (SSSR count). The van der Waals surface area contributed by atoms with Crippen LogP contribution in [0.25, 0.3) is 0 Å². The van der Waals surface area contributed by atoms with E-state index in [1.165, 1.54) is 17.7 Å². The highest BCUT2D eigenvalue weighted by molar-refractivity contribution is 7.15. The van der Waals surface area contributed by atoms with Gasteiger partial charge >= 0.3 is 0 Å². The second-order valence-electron chi connectivity index (χ2n) is 5.50. The summed E-state index contributed by atoms with van der Waals surface area (Å²) >= 11 is 1.81.